The fourth-order valence-corrected chi connectivity index (χ4v) is 6.75. The third-order valence-corrected chi connectivity index (χ3v) is 8.83. The van der Waals surface area contributed by atoms with E-state index in [-0.39, 0.29) is 22.5 Å². The van der Waals surface area contributed by atoms with Gasteiger partial charge in [-0.05, 0) is 93.9 Å². The summed E-state index contributed by atoms with van der Waals surface area (Å²) in [5.41, 5.74) is 10.9. The fourth-order valence-electron chi connectivity index (χ4n) is 5.56. The summed E-state index contributed by atoms with van der Waals surface area (Å²) in [6, 6.07) is 24.4. The van der Waals surface area contributed by atoms with Crippen LogP contribution in [0.15, 0.2) is 89.8 Å². The third kappa shape index (κ3) is 5.40. The number of fused-ring (bicyclic) bond motifs is 1. The molecule has 3 aromatic carbocycles. The number of sulfonamides is 1. The van der Waals surface area contributed by atoms with Crippen molar-refractivity contribution >= 4 is 33.1 Å². The molecule has 0 radical (unpaired) electrons. The first-order valence-corrected chi connectivity index (χ1v) is 15.0. The summed E-state index contributed by atoms with van der Waals surface area (Å²) in [5.74, 6) is -0.984. The molecule has 5 rings (SSSR count). The highest BCUT2D eigenvalue weighted by molar-refractivity contribution is 7.89. The molecular weight excluding hydrogens is 538 g/mol. The number of aromatic carboxylic acids is 1. The van der Waals surface area contributed by atoms with Gasteiger partial charge in [0.15, 0.2) is 0 Å². The van der Waals surface area contributed by atoms with Crippen molar-refractivity contribution in [1.29, 1.82) is 0 Å². The first kappa shape index (κ1) is 28.3. The van der Waals surface area contributed by atoms with Crippen LogP contribution in [-0.4, -0.2) is 42.7 Å². The van der Waals surface area contributed by atoms with Crippen LogP contribution in [-0.2, 0) is 10.0 Å². The number of hydrogen-bond acceptors (Lipinski definition) is 6. The lowest BCUT2D eigenvalue weighted by molar-refractivity contribution is 0.0697. The molecule has 5 N–H and O–H groups in total. The van der Waals surface area contributed by atoms with E-state index in [1.165, 1.54) is 12.1 Å². The summed E-state index contributed by atoms with van der Waals surface area (Å²) in [6.45, 7) is 8.28. The molecule has 2 unspecified atom stereocenters. The Morgan fingerprint density at radius 3 is 2.00 bits per heavy atom. The maximum atomic E-state index is 13.8. The number of para-hydroxylation sites is 2. The number of carbonyl (C=O) groups is 1. The summed E-state index contributed by atoms with van der Waals surface area (Å²) >= 11 is 0. The van der Waals surface area contributed by atoms with Crippen molar-refractivity contribution in [2.45, 2.75) is 56.9 Å². The molecule has 41 heavy (non-hydrogen) atoms. The summed E-state index contributed by atoms with van der Waals surface area (Å²) in [7, 11) is -3.94. The van der Waals surface area contributed by atoms with Crippen LogP contribution in [0.1, 0.15) is 49.8 Å². The number of nitrogens with two attached hydrogens (primary N) is 1. The van der Waals surface area contributed by atoms with Gasteiger partial charge in [-0.25, -0.2) is 13.2 Å². The minimum atomic E-state index is -3.94. The van der Waals surface area contributed by atoms with Gasteiger partial charge in [0.05, 0.1) is 21.8 Å². The maximum Gasteiger partial charge on any atom is 0.335 e. The smallest absolute Gasteiger partial charge is 0.335 e. The van der Waals surface area contributed by atoms with Crippen LogP contribution in [0.3, 0.4) is 0 Å². The molecule has 4 aromatic rings. The zero-order chi connectivity index (χ0) is 29.5. The SMILES string of the molecule is CC(C)N1c2ccccc2N(C(C)C)C(c2ccc(-c3ccc(C(=O)O)cc3)[nH]2)C1NS(=O)(=O)c1ccc(N)cc1. The zero-order valence-corrected chi connectivity index (χ0v) is 24.3. The Hall–Kier alpha value is -4.28. The summed E-state index contributed by atoms with van der Waals surface area (Å²) in [6.07, 6.45) is -0.671. The molecule has 0 bridgehead atoms. The summed E-state index contributed by atoms with van der Waals surface area (Å²) in [4.78, 5) is 19.4. The number of H-pyrrole nitrogens is 1. The Morgan fingerprint density at radius 2 is 1.44 bits per heavy atom. The van der Waals surface area contributed by atoms with E-state index in [4.69, 9.17) is 5.73 Å². The number of hydrogen-bond donors (Lipinski definition) is 4. The Morgan fingerprint density at radius 1 is 0.854 bits per heavy atom. The first-order valence-electron chi connectivity index (χ1n) is 13.5. The van der Waals surface area contributed by atoms with Crippen molar-refractivity contribution in [2.75, 3.05) is 15.5 Å². The molecule has 0 aliphatic carbocycles. The van der Waals surface area contributed by atoms with Crippen molar-refractivity contribution in [3.8, 4) is 11.3 Å². The molecule has 0 saturated heterocycles. The van der Waals surface area contributed by atoms with Crippen LogP contribution >= 0.6 is 0 Å². The second kappa shape index (κ2) is 10.9. The standard InChI is InChI=1S/C31H35N5O4S/c1-19(2)35-27-7-5-6-8-28(27)36(20(3)4)30(34-41(39,40)24-15-13-23(32)14-16-24)29(35)26-18-17-25(33-26)21-9-11-22(12-10-21)31(37)38/h5-20,29-30,33-34H,32H2,1-4H3,(H,37,38). The molecule has 1 aliphatic heterocycles. The van der Waals surface area contributed by atoms with Crippen molar-refractivity contribution in [3.63, 3.8) is 0 Å². The normalized spacial score (nSPS) is 17.2. The quantitative estimate of drug-likeness (QED) is 0.206. The minimum absolute atomic E-state index is 0.0283. The average molecular weight is 574 g/mol. The molecule has 2 heterocycles. The van der Waals surface area contributed by atoms with Crippen molar-refractivity contribution in [2.24, 2.45) is 0 Å². The highest BCUT2D eigenvalue weighted by Crippen LogP contribution is 2.46. The zero-order valence-electron chi connectivity index (χ0n) is 23.4. The molecule has 2 atom stereocenters. The van der Waals surface area contributed by atoms with E-state index in [1.807, 2.05) is 44.2 Å². The molecular formula is C31H35N5O4S. The van der Waals surface area contributed by atoms with Gasteiger partial charge in [-0.15, -0.1) is 0 Å². The molecule has 0 amide bonds. The van der Waals surface area contributed by atoms with Crippen LogP contribution in [0.2, 0.25) is 0 Å². The predicted octanol–water partition coefficient (Wildman–Crippen LogP) is 5.45. The summed E-state index contributed by atoms with van der Waals surface area (Å²) in [5, 5.41) is 9.29. The Kier molecular flexibility index (Phi) is 7.54. The molecule has 10 heteroatoms. The number of aromatic nitrogens is 1. The molecule has 1 aromatic heterocycles. The maximum absolute atomic E-state index is 13.8. The predicted molar refractivity (Wildman–Crippen MR) is 163 cm³/mol. The largest absolute Gasteiger partial charge is 0.478 e. The highest BCUT2D eigenvalue weighted by Gasteiger charge is 2.44. The van der Waals surface area contributed by atoms with Crippen LogP contribution in [0.5, 0.6) is 0 Å². The lowest BCUT2D eigenvalue weighted by Gasteiger charge is -2.52. The van der Waals surface area contributed by atoms with E-state index in [9.17, 15) is 18.3 Å². The topological polar surface area (TPSA) is 132 Å². The second-order valence-electron chi connectivity index (χ2n) is 10.8. The molecule has 9 nitrogen and oxygen atoms in total. The highest BCUT2D eigenvalue weighted by atomic mass is 32.2. The number of carboxylic acids is 1. The molecule has 0 spiro atoms. The average Bonchev–Trinajstić information content (AvgIpc) is 3.42. The Balaban J connectivity index is 1.65. The molecule has 214 valence electrons. The van der Waals surface area contributed by atoms with Crippen molar-refractivity contribution < 1.29 is 18.3 Å². The minimum Gasteiger partial charge on any atom is -0.478 e. The first-order chi connectivity index (χ1) is 19.5. The Labute approximate surface area is 240 Å². The molecule has 0 saturated carbocycles. The number of carboxylic acid groups (broad SMARTS) is 1. The van der Waals surface area contributed by atoms with E-state index < -0.39 is 28.2 Å². The van der Waals surface area contributed by atoms with E-state index in [1.54, 1.807) is 36.4 Å². The van der Waals surface area contributed by atoms with Gasteiger partial charge in [0, 0.05) is 29.2 Å². The lowest BCUT2D eigenvalue weighted by atomic mass is 9.97. The molecule has 0 fully saturated rings. The number of nitrogens with zero attached hydrogens (tertiary/aromatic N) is 2. The van der Waals surface area contributed by atoms with Gasteiger partial charge in [0.25, 0.3) is 0 Å². The summed E-state index contributed by atoms with van der Waals surface area (Å²) < 4.78 is 30.6. The van der Waals surface area contributed by atoms with E-state index in [0.717, 1.165) is 28.3 Å². The van der Waals surface area contributed by atoms with Gasteiger partial charge in [-0.3, -0.25) is 0 Å². The van der Waals surface area contributed by atoms with E-state index in [2.05, 4.69) is 39.4 Å². The number of benzene rings is 3. The van der Waals surface area contributed by atoms with Gasteiger partial charge in [0.2, 0.25) is 10.0 Å². The lowest BCUT2D eigenvalue weighted by Crippen LogP contribution is -2.62. The van der Waals surface area contributed by atoms with Gasteiger partial charge in [0.1, 0.15) is 12.2 Å². The number of rotatable bonds is 8. The van der Waals surface area contributed by atoms with Gasteiger partial charge in [-0.2, -0.15) is 4.72 Å². The van der Waals surface area contributed by atoms with Crippen molar-refractivity contribution in [3.05, 3.63) is 96.2 Å². The van der Waals surface area contributed by atoms with Crippen LogP contribution in [0.4, 0.5) is 17.1 Å². The number of nitrogens with one attached hydrogen (secondary N) is 2. The van der Waals surface area contributed by atoms with Crippen LogP contribution < -0.4 is 20.3 Å². The Bertz CT molecular complexity index is 1650. The number of anilines is 3. The molecule has 1 aliphatic rings. The van der Waals surface area contributed by atoms with Gasteiger partial charge < -0.3 is 25.6 Å². The van der Waals surface area contributed by atoms with E-state index >= 15 is 0 Å². The fraction of sp³-hybridized carbons (Fsp3) is 0.258. The third-order valence-electron chi connectivity index (χ3n) is 7.39. The number of nitrogen functional groups attached to an aromatic ring is 1. The van der Waals surface area contributed by atoms with E-state index in [0.29, 0.717) is 5.69 Å². The van der Waals surface area contributed by atoms with Crippen LogP contribution in [0.25, 0.3) is 11.3 Å². The number of aromatic amines is 1. The van der Waals surface area contributed by atoms with Gasteiger partial charge in [-0.1, -0.05) is 24.3 Å². The van der Waals surface area contributed by atoms with Gasteiger partial charge >= 0.3 is 5.97 Å². The second-order valence-corrected chi connectivity index (χ2v) is 12.5. The van der Waals surface area contributed by atoms with Crippen LogP contribution in [0, 0.1) is 0 Å². The monoisotopic (exact) mass is 573 g/mol. The van der Waals surface area contributed by atoms with Crippen molar-refractivity contribution in [1.82, 2.24) is 9.71 Å².